The van der Waals surface area contributed by atoms with E-state index < -0.39 is 0 Å². The number of hydrogen-bond acceptors (Lipinski definition) is 2. The summed E-state index contributed by atoms with van der Waals surface area (Å²) in [7, 11) is 0. The third-order valence-corrected chi connectivity index (χ3v) is 4.15. The molecule has 2 nitrogen and oxygen atoms in total. The maximum atomic E-state index is 3.66. The van der Waals surface area contributed by atoms with Gasteiger partial charge in [-0.25, -0.2) is 0 Å². The zero-order valence-electron chi connectivity index (χ0n) is 10.4. The molecule has 1 aliphatic carbocycles. The molecule has 0 atom stereocenters. The first kappa shape index (κ1) is 12.0. The van der Waals surface area contributed by atoms with Crippen LogP contribution in [0.15, 0.2) is 0 Å². The van der Waals surface area contributed by atoms with Crippen LogP contribution in [0.25, 0.3) is 0 Å². The van der Waals surface area contributed by atoms with Crippen molar-refractivity contribution in [2.75, 3.05) is 19.6 Å². The molecule has 0 aromatic rings. The molecule has 0 saturated heterocycles. The smallest absolute Gasteiger partial charge is 0.0181 e. The quantitative estimate of drug-likeness (QED) is 0.638. The Balaban J connectivity index is 2.10. The predicted octanol–water partition coefficient (Wildman–Crippen LogP) is 2.01. The van der Waals surface area contributed by atoms with E-state index in [1.165, 1.54) is 6.42 Å². The second-order valence-electron chi connectivity index (χ2n) is 5.54. The minimum atomic E-state index is 0.477. The van der Waals surface area contributed by atoms with Crippen molar-refractivity contribution >= 4 is 0 Å². The minimum absolute atomic E-state index is 0.477. The maximum Gasteiger partial charge on any atom is 0.0181 e. The van der Waals surface area contributed by atoms with Crippen molar-refractivity contribution in [3.63, 3.8) is 0 Å². The first-order chi connectivity index (χ1) is 6.44. The van der Waals surface area contributed by atoms with Gasteiger partial charge in [-0.1, -0.05) is 34.6 Å². The average Bonchev–Trinajstić information content (AvgIpc) is 2.46. The van der Waals surface area contributed by atoms with Gasteiger partial charge in [0.25, 0.3) is 0 Å². The Morgan fingerprint density at radius 2 is 1.57 bits per heavy atom. The fraction of sp³-hybridized carbons (Fsp3) is 1.00. The van der Waals surface area contributed by atoms with Crippen molar-refractivity contribution < 1.29 is 0 Å². The molecule has 0 aromatic carbocycles. The van der Waals surface area contributed by atoms with E-state index in [1.807, 2.05) is 0 Å². The Morgan fingerprint density at radius 3 is 2.00 bits per heavy atom. The van der Waals surface area contributed by atoms with Crippen LogP contribution in [0, 0.1) is 10.8 Å². The summed E-state index contributed by atoms with van der Waals surface area (Å²) in [6.45, 7) is 14.9. The monoisotopic (exact) mass is 198 g/mol. The summed E-state index contributed by atoms with van der Waals surface area (Å²) in [6.07, 6.45) is 1.23. The van der Waals surface area contributed by atoms with Crippen molar-refractivity contribution in [1.29, 1.82) is 0 Å². The lowest BCUT2D eigenvalue weighted by molar-refractivity contribution is 0.457. The largest absolute Gasteiger partial charge is 0.317 e. The Kier molecular flexibility index (Phi) is 3.59. The molecule has 84 valence electrons. The fourth-order valence-corrected chi connectivity index (χ4v) is 2.34. The van der Waals surface area contributed by atoms with Crippen molar-refractivity contribution in [2.24, 2.45) is 10.8 Å². The van der Waals surface area contributed by atoms with Gasteiger partial charge < -0.3 is 10.6 Å². The topological polar surface area (TPSA) is 24.1 Å². The van der Waals surface area contributed by atoms with E-state index in [2.05, 4.69) is 45.3 Å². The number of nitrogens with one attached hydrogen (secondary N) is 2. The molecule has 0 aliphatic heterocycles. The molecule has 0 bridgehead atoms. The highest BCUT2D eigenvalue weighted by Crippen LogP contribution is 2.62. The van der Waals surface area contributed by atoms with Gasteiger partial charge in [-0.2, -0.15) is 0 Å². The van der Waals surface area contributed by atoms with Crippen LogP contribution in [0.4, 0.5) is 0 Å². The molecule has 0 aromatic heterocycles. The van der Waals surface area contributed by atoms with Crippen LogP contribution in [-0.4, -0.2) is 25.7 Å². The van der Waals surface area contributed by atoms with Crippen molar-refractivity contribution in [3.05, 3.63) is 0 Å². The predicted molar refractivity (Wildman–Crippen MR) is 62.5 cm³/mol. The lowest BCUT2D eigenvalue weighted by Crippen LogP contribution is -2.26. The molecule has 0 spiro atoms. The van der Waals surface area contributed by atoms with Gasteiger partial charge in [-0.15, -0.1) is 0 Å². The number of rotatable bonds is 6. The van der Waals surface area contributed by atoms with Gasteiger partial charge in [-0.3, -0.25) is 0 Å². The summed E-state index contributed by atoms with van der Waals surface area (Å²) >= 11 is 0. The van der Waals surface area contributed by atoms with E-state index in [-0.39, 0.29) is 0 Å². The lowest BCUT2D eigenvalue weighted by Gasteiger charge is -2.06. The molecule has 2 heteroatoms. The molecule has 1 saturated carbocycles. The molecule has 1 fully saturated rings. The van der Waals surface area contributed by atoms with Crippen LogP contribution in [0.2, 0.25) is 0 Å². The first-order valence-corrected chi connectivity index (χ1v) is 5.88. The molecular formula is C12H26N2. The van der Waals surface area contributed by atoms with Gasteiger partial charge >= 0.3 is 0 Å². The summed E-state index contributed by atoms with van der Waals surface area (Å²) in [5.41, 5.74) is 0.955. The first-order valence-electron chi connectivity index (χ1n) is 5.88. The van der Waals surface area contributed by atoms with E-state index >= 15 is 0 Å². The molecule has 1 rings (SSSR count). The lowest BCUT2D eigenvalue weighted by atomic mass is 10.0. The van der Waals surface area contributed by atoms with Crippen LogP contribution in [0.5, 0.6) is 0 Å². The molecule has 14 heavy (non-hydrogen) atoms. The van der Waals surface area contributed by atoms with Gasteiger partial charge in [0.15, 0.2) is 0 Å². The van der Waals surface area contributed by atoms with Crippen molar-refractivity contribution in [3.8, 4) is 0 Å². The van der Waals surface area contributed by atoms with Gasteiger partial charge in [0.1, 0.15) is 0 Å². The SMILES string of the molecule is CCNCCCNC1C(C)(C)C1(C)C. The molecule has 0 radical (unpaired) electrons. The Bertz CT molecular complexity index is 171. The fourth-order valence-electron chi connectivity index (χ4n) is 2.34. The van der Waals surface area contributed by atoms with Gasteiger partial charge in [0.2, 0.25) is 0 Å². The molecule has 0 heterocycles. The zero-order chi connectivity index (χ0) is 10.8. The number of hydrogen-bond donors (Lipinski definition) is 2. The van der Waals surface area contributed by atoms with E-state index in [0.29, 0.717) is 16.9 Å². The standard InChI is InChI=1S/C12H26N2/c1-6-13-8-7-9-14-10-11(2,3)12(10,4)5/h10,13-14H,6-9H2,1-5H3. The minimum Gasteiger partial charge on any atom is -0.317 e. The maximum absolute atomic E-state index is 3.66. The van der Waals surface area contributed by atoms with Gasteiger partial charge in [-0.05, 0) is 36.9 Å². The highest BCUT2D eigenvalue weighted by molar-refractivity contribution is 5.17. The third-order valence-electron chi connectivity index (χ3n) is 4.15. The molecular weight excluding hydrogens is 172 g/mol. The Labute approximate surface area is 88.8 Å². The van der Waals surface area contributed by atoms with Gasteiger partial charge in [0.05, 0.1) is 0 Å². The summed E-state index contributed by atoms with van der Waals surface area (Å²) < 4.78 is 0. The highest BCUT2D eigenvalue weighted by atomic mass is 15.0. The van der Waals surface area contributed by atoms with Crippen LogP contribution < -0.4 is 10.6 Å². The normalized spacial score (nSPS) is 23.8. The molecule has 2 N–H and O–H groups in total. The van der Waals surface area contributed by atoms with Crippen LogP contribution in [-0.2, 0) is 0 Å². The van der Waals surface area contributed by atoms with E-state index in [1.54, 1.807) is 0 Å². The summed E-state index contributed by atoms with van der Waals surface area (Å²) in [5, 5.41) is 7.00. The highest BCUT2D eigenvalue weighted by Gasteiger charge is 2.64. The van der Waals surface area contributed by atoms with E-state index in [4.69, 9.17) is 0 Å². The van der Waals surface area contributed by atoms with Crippen LogP contribution in [0.1, 0.15) is 41.0 Å². The molecule has 0 amide bonds. The second kappa shape index (κ2) is 4.19. The van der Waals surface area contributed by atoms with Crippen LogP contribution >= 0.6 is 0 Å². The van der Waals surface area contributed by atoms with Crippen LogP contribution in [0.3, 0.4) is 0 Å². The van der Waals surface area contributed by atoms with E-state index in [9.17, 15) is 0 Å². The van der Waals surface area contributed by atoms with Crippen molar-refractivity contribution in [2.45, 2.75) is 47.1 Å². The van der Waals surface area contributed by atoms with Gasteiger partial charge in [0, 0.05) is 6.04 Å². The summed E-state index contributed by atoms with van der Waals surface area (Å²) in [4.78, 5) is 0. The summed E-state index contributed by atoms with van der Waals surface area (Å²) in [5.74, 6) is 0. The van der Waals surface area contributed by atoms with Crippen molar-refractivity contribution in [1.82, 2.24) is 10.6 Å². The second-order valence-corrected chi connectivity index (χ2v) is 5.54. The Hall–Kier alpha value is -0.0800. The van der Waals surface area contributed by atoms with E-state index in [0.717, 1.165) is 19.6 Å². The summed E-state index contributed by atoms with van der Waals surface area (Å²) in [6, 6.07) is 0.705. The Morgan fingerprint density at radius 1 is 1.00 bits per heavy atom. The zero-order valence-corrected chi connectivity index (χ0v) is 10.4. The average molecular weight is 198 g/mol. The molecule has 1 aliphatic rings. The molecule has 0 unspecified atom stereocenters. The third kappa shape index (κ3) is 2.12.